The topological polar surface area (TPSA) is 79.2 Å². The molecule has 1 saturated heterocycles. The molecule has 1 aromatic carbocycles. The Morgan fingerprint density at radius 3 is 2.52 bits per heavy atom. The molecule has 3 rings (SSSR count). The van der Waals surface area contributed by atoms with Gasteiger partial charge in [0.05, 0.1) is 17.7 Å². The zero-order valence-electron chi connectivity index (χ0n) is 13.2. The minimum atomic E-state index is -0.526. The fourth-order valence-electron chi connectivity index (χ4n) is 2.85. The third-order valence-electron chi connectivity index (χ3n) is 4.24. The Hall–Kier alpha value is -2.36. The number of aliphatic hydroxyl groups is 1. The number of H-pyrrole nitrogens is 1. The van der Waals surface area contributed by atoms with Crippen LogP contribution >= 0.6 is 0 Å². The predicted molar refractivity (Wildman–Crippen MR) is 88.1 cm³/mol. The van der Waals surface area contributed by atoms with Crippen molar-refractivity contribution in [2.24, 2.45) is 0 Å². The van der Waals surface area contributed by atoms with Gasteiger partial charge >= 0.3 is 0 Å². The Morgan fingerprint density at radius 1 is 1.26 bits per heavy atom. The van der Waals surface area contributed by atoms with Gasteiger partial charge in [-0.1, -0.05) is 12.1 Å². The molecule has 1 aromatic heterocycles. The maximum Gasteiger partial charge on any atom is 0.150 e. The lowest BCUT2D eigenvalue weighted by molar-refractivity contribution is 0.109. The molecule has 120 valence electrons. The first kappa shape index (κ1) is 15.5. The van der Waals surface area contributed by atoms with Crippen molar-refractivity contribution >= 4 is 5.82 Å². The minimum absolute atomic E-state index is 0.526. The van der Waals surface area contributed by atoms with E-state index in [0.29, 0.717) is 12.1 Å². The van der Waals surface area contributed by atoms with Crippen LogP contribution in [-0.2, 0) is 0 Å². The number of β-amino-alcohol motifs (C(OH)–C–C–N with tert-alkyl or cyclic N) is 1. The minimum Gasteiger partial charge on any atom is -0.387 e. The first-order valence-electron chi connectivity index (χ1n) is 7.83. The van der Waals surface area contributed by atoms with Crippen LogP contribution in [0.4, 0.5) is 5.82 Å². The van der Waals surface area contributed by atoms with Crippen molar-refractivity contribution in [3.63, 3.8) is 0 Å². The third-order valence-corrected chi connectivity index (χ3v) is 4.24. The number of nitrogens with zero attached hydrogens (tertiary/aromatic N) is 4. The molecule has 1 aliphatic rings. The first-order chi connectivity index (χ1) is 11.2. The van der Waals surface area contributed by atoms with E-state index in [1.54, 1.807) is 12.1 Å². The van der Waals surface area contributed by atoms with Crippen molar-refractivity contribution < 1.29 is 5.11 Å². The summed E-state index contributed by atoms with van der Waals surface area (Å²) < 4.78 is 0. The second kappa shape index (κ2) is 6.82. The number of hydrogen-bond donors (Lipinski definition) is 2. The van der Waals surface area contributed by atoms with Crippen molar-refractivity contribution in [2.75, 3.05) is 37.6 Å². The van der Waals surface area contributed by atoms with Crippen LogP contribution in [0.15, 0.2) is 30.3 Å². The highest BCUT2D eigenvalue weighted by Gasteiger charge is 2.21. The van der Waals surface area contributed by atoms with E-state index in [-0.39, 0.29) is 0 Å². The van der Waals surface area contributed by atoms with Gasteiger partial charge in [0.1, 0.15) is 0 Å². The van der Waals surface area contributed by atoms with Crippen LogP contribution in [0, 0.1) is 18.3 Å². The molecule has 0 spiro atoms. The van der Waals surface area contributed by atoms with E-state index in [4.69, 9.17) is 5.26 Å². The summed E-state index contributed by atoms with van der Waals surface area (Å²) in [7, 11) is 0. The molecule has 23 heavy (non-hydrogen) atoms. The van der Waals surface area contributed by atoms with Crippen molar-refractivity contribution in [1.29, 1.82) is 5.26 Å². The van der Waals surface area contributed by atoms with Crippen LogP contribution in [0.5, 0.6) is 0 Å². The Balaban J connectivity index is 1.52. The maximum absolute atomic E-state index is 10.4. The average molecular weight is 311 g/mol. The van der Waals surface area contributed by atoms with Gasteiger partial charge in [0.15, 0.2) is 5.82 Å². The second-order valence-electron chi connectivity index (χ2n) is 5.95. The normalized spacial score (nSPS) is 17.0. The Bertz CT molecular complexity index is 680. The zero-order valence-corrected chi connectivity index (χ0v) is 13.2. The van der Waals surface area contributed by atoms with E-state index in [1.165, 1.54) is 0 Å². The number of piperazine rings is 1. The number of rotatable bonds is 4. The van der Waals surface area contributed by atoms with Gasteiger partial charge in [-0.3, -0.25) is 10.00 Å². The van der Waals surface area contributed by atoms with Crippen LogP contribution in [-0.4, -0.2) is 52.9 Å². The molecule has 2 N–H and O–H groups in total. The molecule has 0 amide bonds. The number of nitriles is 1. The lowest BCUT2D eigenvalue weighted by Crippen LogP contribution is -2.47. The molecule has 6 heteroatoms. The van der Waals surface area contributed by atoms with Gasteiger partial charge in [0, 0.05) is 44.5 Å². The maximum atomic E-state index is 10.4. The van der Waals surface area contributed by atoms with Crippen molar-refractivity contribution in [1.82, 2.24) is 15.1 Å². The molecule has 2 heterocycles. The molecule has 1 aliphatic heterocycles. The van der Waals surface area contributed by atoms with Crippen molar-refractivity contribution in [2.45, 2.75) is 13.0 Å². The van der Waals surface area contributed by atoms with Crippen LogP contribution in [0.1, 0.15) is 22.9 Å². The van der Waals surface area contributed by atoms with Gasteiger partial charge < -0.3 is 10.0 Å². The third kappa shape index (κ3) is 3.70. The Labute approximate surface area is 136 Å². The summed E-state index contributed by atoms with van der Waals surface area (Å²) in [4.78, 5) is 4.52. The monoisotopic (exact) mass is 311 g/mol. The summed E-state index contributed by atoms with van der Waals surface area (Å²) in [5, 5.41) is 26.5. The summed E-state index contributed by atoms with van der Waals surface area (Å²) in [5.41, 5.74) is 2.54. The van der Waals surface area contributed by atoms with Crippen LogP contribution in [0.3, 0.4) is 0 Å². The summed E-state index contributed by atoms with van der Waals surface area (Å²) in [6.07, 6.45) is -0.526. The molecule has 0 radical (unpaired) electrons. The summed E-state index contributed by atoms with van der Waals surface area (Å²) in [6, 6.07) is 11.3. The number of hydrogen-bond acceptors (Lipinski definition) is 5. The number of anilines is 1. The van der Waals surface area contributed by atoms with Gasteiger partial charge in [-0.2, -0.15) is 10.4 Å². The molecule has 1 atom stereocenters. The number of aryl methyl sites for hydroxylation is 1. The molecule has 1 fully saturated rings. The first-order valence-corrected chi connectivity index (χ1v) is 7.83. The van der Waals surface area contributed by atoms with E-state index in [9.17, 15) is 5.11 Å². The van der Waals surface area contributed by atoms with E-state index in [1.807, 2.05) is 19.1 Å². The molecule has 0 saturated carbocycles. The summed E-state index contributed by atoms with van der Waals surface area (Å²) in [6.45, 7) is 6.23. The highest BCUT2D eigenvalue weighted by atomic mass is 16.3. The number of aliphatic hydroxyl groups excluding tert-OH is 1. The number of benzene rings is 1. The van der Waals surface area contributed by atoms with Crippen LogP contribution < -0.4 is 4.90 Å². The smallest absolute Gasteiger partial charge is 0.150 e. The summed E-state index contributed by atoms with van der Waals surface area (Å²) in [5.74, 6) is 0.995. The largest absolute Gasteiger partial charge is 0.387 e. The molecular weight excluding hydrogens is 290 g/mol. The van der Waals surface area contributed by atoms with Crippen molar-refractivity contribution in [3.8, 4) is 6.07 Å². The van der Waals surface area contributed by atoms with E-state index in [2.05, 4.69) is 32.1 Å². The Kier molecular flexibility index (Phi) is 4.60. The summed E-state index contributed by atoms with van der Waals surface area (Å²) >= 11 is 0. The van der Waals surface area contributed by atoms with Crippen LogP contribution in [0.25, 0.3) is 0 Å². The van der Waals surface area contributed by atoms with Gasteiger partial charge in [0.2, 0.25) is 0 Å². The van der Waals surface area contributed by atoms with Gasteiger partial charge in [-0.25, -0.2) is 0 Å². The SMILES string of the molecule is Cc1cc(N2CCN(CC(O)c3ccc(C#N)cc3)CC2)n[nH]1. The Morgan fingerprint density at radius 2 is 1.96 bits per heavy atom. The molecule has 6 nitrogen and oxygen atoms in total. The van der Waals surface area contributed by atoms with Gasteiger partial charge in [-0.15, -0.1) is 0 Å². The fourth-order valence-corrected chi connectivity index (χ4v) is 2.85. The molecule has 0 bridgehead atoms. The highest BCUT2D eigenvalue weighted by Crippen LogP contribution is 2.18. The predicted octanol–water partition coefficient (Wildman–Crippen LogP) is 1.45. The van der Waals surface area contributed by atoms with E-state index >= 15 is 0 Å². The second-order valence-corrected chi connectivity index (χ2v) is 5.95. The highest BCUT2D eigenvalue weighted by molar-refractivity contribution is 5.39. The lowest BCUT2D eigenvalue weighted by atomic mass is 10.1. The molecule has 2 aromatic rings. The van der Waals surface area contributed by atoms with E-state index < -0.39 is 6.10 Å². The molecular formula is C17H21N5O. The lowest BCUT2D eigenvalue weighted by Gasteiger charge is -2.35. The molecule has 1 unspecified atom stereocenters. The van der Waals surface area contributed by atoms with Gasteiger partial charge in [-0.05, 0) is 24.6 Å². The average Bonchev–Trinajstić information content (AvgIpc) is 3.02. The van der Waals surface area contributed by atoms with E-state index in [0.717, 1.165) is 43.3 Å². The fraction of sp³-hybridized carbons (Fsp3) is 0.412. The quantitative estimate of drug-likeness (QED) is 0.893. The number of aromatic amines is 1. The number of aromatic nitrogens is 2. The number of nitrogens with one attached hydrogen (secondary N) is 1. The van der Waals surface area contributed by atoms with Gasteiger partial charge in [0.25, 0.3) is 0 Å². The van der Waals surface area contributed by atoms with Crippen molar-refractivity contribution in [3.05, 3.63) is 47.2 Å². The van der Waals surface area contributed by atoms with Crippen LogP contribution in [0.2, 0.25) is 0 Å². The standard InChI is InChI=1S/C17H21N5O/c1-13-10-17(20-19-13)22-8-6-21(7-9-22)12-16(23)15-4-2-14(11-18)3-5-15/h2-5,10,16,23H,6-9,12H2,1H3,(H,19,20). The zero-order chi connectivity index (χ0) is 16.2. The molecule has 0 aliphatic carbocycles.